The highest BCUT2D eigenvalue weighted by molar-refractivity contribution is 5.93. The Morgan fingerprint density at radius 3 is 3.05 bits per heavy atom. The molecule has 2 heterocycles. The fourth-order valence-corrected chi connectivity index (χ4v) is 2.76. The van der Waals surface area contributed by atoms with E-state index in [1.54, 1.807) is 11.1 Å². The number of aromatic nitrogens is 3. The average molecular weight is 288 g/mol. The molecular formula is C15H20N4O2. The standard InChI is InChI=1S/C15H20N4O2/c1-2-18(10-11-19-9-5-8-16-19)15(20)14-12-6-3-4-7-13(12)21-17-14/h5,8-9H,2-4,6-7,10-11H2,1H3. The molecular weight excluding hydrogens is 268 g/mol. The molecule has 0 radical (unpaired) electrons. The van der Waals surface area contributed by atoms with Crippen molar-refractivity contribution in [1.82, 2.24) is 19.8 Å². The molecule has 6 heteroatoms. The molecule has 3 rings (SSSR count). The van der Waals surface area contributed by atoms with Crippen LogP contribution in [-0.4, -0.2) is 38.8 Å². The van der Waals surface area contributed by atoms with Crippen LogP contribution in [0.25, 0.3) is 0 Å². The molecule has 6 nitrogen and oxygen atoms in total. The maximum Gasteiger partial charge on any atom is 0.276 e. The predicted molar refractivity (Wildman–Crippen MR) is 76.9 cm³/mol. The lowest BCUT2D eigenvalue weighted by Gasteiger charge is -2.20. The summed E-state index contributed by atoms with van der Waals surface area (Å²) in [6.45, 7) is 3.94. The summed E-state index contributed by atoms with van der Waals surface area (Å²) in [4.78, 5) is 14.4. The molecule has 0 saturated carbocycles. The smallest absolute Gasteiger partial charge is 0.276 e. The van der Waals surface area contributed by atoms with Gasteiger partial charge in [0, 0.05) is 37.5 Å². The molecule has 2 aromatic heterocycles. The van der Waals surface area contributed by atoms with Crippen molar-refractivity contribution in [2.75, 3.05) is 13.1 Å². The van der Waals surface area contributed by atoms with E-state index in [4.69, 9.17) is 4.52 Å². The molecule has 1 amide bonds. The van der Waals surface area contributed by atoms with Gasteiger partial charge in [0.05, 0.1) is 6.54 Å². The minimum Gasteiger partial charge on any atom is -0.360 e. The van der Waals surface area contributed by atoms with E-state index in [9.17, 15) is 4.79 Å². The number of aryl methyl sites for hydroxylation is 1. The van der Waals surface area contributed by atoms with E-state index in [1.807, 2.05) is 23.9 Å². The van der Waals surface area contributed by atoms with Gasteiger partial charge in [-0.1, -0.05) is 5.16 Å². The summed E-state index contributed by atoms with van der Waals surface area (Å²) in [5.41, 5.74) is 1.52. The van der Waals surface area contributed by atoms with E-state index in [1.165, 1.54) is 0 Å². The Balaban J connectivity index is 1.71. The number of likely N-dealkylation sites (N-methyl/N-ethyl adjacent to an activating group) is 1. The topological polar surface area (TPSA) is 64.2 Å². The lowest BCUT2D eigenvalue weighted by atomic mass is 9.96. The van der Waals surface area contributed by atoms with Crippen LogP contribution < -0.4 is 0 Å². The van der Waals surface area contributed by atoms with E-state index in [-0.39, 0.29) is 5.91 Å². The van der Waals surface area contributed by atoms with E-state index >= 15 is 0 Å². The molecule has 0 bridgehead atoms. The van der Waals surface area contributed by atoms with Crippen molar-refractivity contribution in [3.8, 4) is 0 Å². The lowest BCUT2D eigenvalue weighted by Crippen LogP contribution is -2.34. The van der Waals surface area contributed by atoms with Gasteiger partial charge in [-0.05, 0) is 32.3 Å². The van der Waals surface area contributed by atoms with Crippen LogP contribution in [0.3, 0.4) is 0 Å². The van der Waals surface area contributed by atoms with Crippen LogP contribution in [0.5, 0.6) is 0 Å². The molecule has 0 spiro atoms. The van der Waals surface area contributed by atoms with Crippen LogP contribution in [-0.2, 0) is 19.4 Å². The molecule has 0 fully saturated rings. The first kappa shape index (κ1) is 13.9. The Bertz CT molecular complexity index is 603. The van der Waals surface area contributed by atoms with Crippen molar-refractivity contribution in [1.29, 1.82) is 0 Å². The fraction of sp³-hybridized carbons (Fsp3) is 0.533. The molecule has 0 aliphatic heterocycles. The summed E-state index contributed by atoms with van der Waals surface area (Å²) in [6, 6.07) is 1.88. The number of fused-ring (bicyclic) bond motifs is 1. The number of rotatable bonds is 5. The van der Waals surface area contributed by atoms with Gasteiger partial charge in [0.1, 0.15) is 5.76 Å². The number of hydrogen-bond acceptors (Lipinski definition) is 4. The zero-order chi connectivity index (χ0) is 14.7. The fourth-order valence-electron chi connectivity index (χ4n) is 2.76. The van der Waals surface area contributed by atoms with Gasteiger partial charge in [-0.2, -0.15) is 5.10 Å². The SMILES string of the molecule is CCN(CCn1cccn1)C(=O)c1noc2c1CCCC2. The quantitative estimate of drug-likeness (QED) is 0.843. The Kier molecular flexibility index (Phi) is 4.03. The summed E-state index contributed by atoms with van der Waals surface area (Å²) >= 11 is 0. The molecule has 0 unspecified atom stereocenters. The monoisotopic (exact) mass is 288 g/mol. The summed E-state index contributed by atoms with van der Waals surface area (Å²) in [5, 5.41) is 8.18. The molecule has 112 valence electrons. The van der Waals surface area contributed by atoms with Crippen LogP contribution in [0.1, 0.15) is 41.6 Å². The van der Waals surface area contributed by atoms with E-state index in [2.05, 4.69) is 10.3 Å². The third-order valence-electron chi connectivity index (χ3n) is 3.98. The van der Waals surface area contributed by atoms with Crippen molar-refractivity contribution in [3.63, 3.8) is 0 Å². The van der Waals surface area contributed by atoms with Gasteiger partial charge in [-0.15, -0.1) is 0 Å². The largest absolute Gasteiger partial charge is 0.360 e. The Hall–Kier alpha value is -2.11. The Morgan fingerprint density at radius 1 is 1.43 bits per heavy atom. The number of hydrogen-bond donors (Lipinski definition) is 0. The average Bonchev–Trinajstić information content (AvgIpc) is 3.17. The van der Waals surface area contributed by atoms with E-state index in [0.717, 1.165) is 37.0 Å². The third-order valence-corrected chi connectivity index (χ3v) is 3.98. The first-order valence-corrected chi connectivity index (χ1v) is 7.53. The van der Waals surface area contributed by atoms with Crippen molar-refractivity contribution in [2.45, 2.75) is 39.2 Å². The summed E-state index contributed by atoms with van der Waals surface area (Å²) in [7, 11) is 0. The summed E-state index contributed by atoms with van der Waals surface area (Å²) < 4.78 is 7.17. The number of carbonyl (C=O) groups excluding carboxylic acids is 1. The first-order valence-electron chi connectivity index (χ1n) is 7.53. The molecule has 0 saturated heterocycles. The molecule has 0 atom stereocenters. The second kappa shape index (κ2) is 6.11. The first-order chi connectivity index (χ1) is 10.3. The maximum atomic E-state index is 12.6. The number of amides is 1. The molecule has 0 N–H and O–H groups in total. The highest BCUT2D eigenvalue weighted by Gasteiger charge is 2.26. The second-order valence-electron chi connectivity index (χ2n) is 5.29. The van der Waals surface area contributed by atoms with Crippen LogP contribution in [0, 0.1) is 0 Å². The van der Waals surface area contributed by atoms with Crippen LogP contribution in [0.4, 0.5) is 0 Å². The number of carbonyl (C=O) groups is 1. The Morgan fingerprint density at radius 2 is 2.29 bits per heavy atom. The second-order valence-corrected chi connectivity index (χ2v) is 5.29. The summed E-state index contributed by atoms with van der Waals surface area (Å²) in [5.74, 6) is 0.865. The highest BCUT2D eigenvalue weighted by Crippen LogP contribution is 2.25. The van der Waals surface area contributed by atoms with E-state index < -0.39 is 0 Å². The van der Waals surface area contributed by atoms with Crippen molar-refractivity contribution >= 4 is 5.91 Å². The van der Waals surface area contributed by atoms with Gasteiger partial charge >= 0.3 is 0 Å². The zero-order valence-electron chi connectivity index (χ0n) is 12.3. The van der Waals surface area contributed by atoms with Crippen molar-refractivity contribution < 1.29 is 9.32 Å². The molecule has 0 aromatic carbocycles. The van der Waals surface area contributed by atoms with Crippen LogP contribution in [0.2, 0.25) is 0 Å². The Labute approximate surface area is 123 Å². The van der Waals surface area contributed by atoms with Gasteiger partial charge in [0.2, 0.25) is 0 Å². The van der Waals surface area contributed by atoms with Gasteiger partial charge in [-0.3, -0.25) is 9.48 Å². The van der Waals surface area contributed by atoms with Crippen molar-refractivity contribution in [2.24, 2.45) is 0 Å². The van der Waals surface area contributed by atoms with Crippen LogP contribution >= 0.6 is 0 Å². The van der Waals surface area contributed by atoms with E-state index in [0.29, 0.717) is 25.3 Å². The zero-order valence-corrected chi connectivity index (χ0v) is 12.3. The lowest BCUT2D eigenvalue weighted by molar-refractivity contribution is 0.0746. The third kappa shape index (κ3) is 2.84. The summed E-state index contributed by atoms with van der Waals surface area (Å²) in [6.07, 6.45) is 7.66. The normalized spacial score (nSPS) is 14.0. The maximum absolute atomic E-state index is 12.6. The van der Waals surface area contributed by atoms with Crippen molar-refractivity contribution in [3.05, 3.63) is 35.5 Å². The minimum atomic E-state index is -0.0310. The van der Waals surface area contributed by atoms with Gasteiger partial charge in [-0.25, -0.2) is 0 Å². The molecule has 1 aliphatic rings. The predicted octanol–water partition coefficient (Wildman–Crippen LogP) is 1.91. The minimum absolute atomic E-state index is 0.0310. The molecule has 1 aliphatic carbocycles. The number of nitrogens with zero attached hydrogens (tertiary/aromatic N) is 4. The van der Waals surface area contributed by atoms with Gasteiger partial charge in [0.25, 0.3) is 5.91 Å². The molecule has 2 aromatic rings. The highest BCUT2D eigenvalue weighted by atomic mass is 16.5. The van der Waals surface area contributed by atoms with Gasteiger partial charge in [0.15, 0.2) is 5.69 Å². The molecule has 21 heavy (non-hydrogen) atoms. The van der Waals surface area contributed by atoms with Gasteiger partial charge < -0.3 is 9.42 Å². The van der Waals surface area contributed by atoms with Crippen LogP contribution in [0.15, 0.2) is 23.0 Å².